The standard InChI is InChI=1S/C13H16BrN3O.HI/c1-3-7-16-13(15-2)17-8-9-18-12-6-4-5-11(14)10-12;/h1,4-6,10H,7-9H2,2H3,(H2,15,16,17);1H. The van der Waals surface area contributed by atoms with E-state index in [4.69, 9.17) is 11.2 Å². The Morgan fingerprint density at radius 1 is 1.47 bits per heavy atom. The van der Waals surface area contributed by atoms with Crippen LogP contribution in [-0.2, 0) is 0 Å². The van der Waals surface area contributed by atoms with Crippen LogP contribution in [0.1, 0.15) is 0 Å². The molecule has 1 aromatic carbocycles. The lowest BCUT2D eigenvalue weighted by molar-refractivity contribution is 0.322. The maximum Gasteiger partial charge on any atom is 0.191 e. The Morgan fingerprint density at radius 2 is 2.26 bits per heavy atom. The van der Waals surface area contributed by atoms with Crippen LogP contribution in [0.25, 0.3) is 0 Å². The third-order valence-electron chi connectivity index (χ3n) is 2.04. The number of hydrogen-bond acceptors (Lipinski definition) is 2. The van der Waals surface area contributed by atoms with Crippen molar-refractivity contribution in [1.82, 2.24) is 10.6 Å². The van der Waals surface area contributed by atoms with Gasteiger partial charge in [-0.25, -0.2) is 0 Å². The van der Waals surface area contributed by atoms with Gasteiger partial charge < -0.3 is 15.4 Å². The zero-order chi connectivity index (χ0) is 13.2. The van der Waals surface area contributed by atoms with Crippen LogP contribution >= 0.6 is 39.9 Å². The number of terminal acetylenes is 1. The predicted octanol–water partition coefficient (Wildman–Crippen LogP) is 2.24. The lowest BCUT2D eigenvalue weighted by atomic mass is 10.3. The highest BCUT2D eigenvalue weighted by atomic mass is 127. The first kappa shape index (κ1) is 18.1. The summed E-state index contributed by atoms with van der Waals surface area (Å²) in [6.45, 7) is 1.65. The van der Waals surface area contributed by atoms with Gasteiger partial charge in [0.25, 0.3) is 0 Å². The Morgan fingerprint density at radius 3 is 2.89 bits per heavy atom. The van der Waals surface area contributed by atoms with Crippen molar-refractivity contribution in [3.63, 3.8) is 0 Å². The SMILES string of the molecule is C#CCNC(=NC)NCCOc1cccc(Br)c1.I. The molecule has 0 unspecified atom stereocenters. The highest BCUT2D eigenvalue weighted by Crippen LogP contribution is 2.17. The van der Waals surface area contributed by atoms with Crippen molar-refractivity contribution < 1.29 is 4.74 Å². The molecule has 0 aliphatic heterocycles. The van der Waals surface area contributed by atoms with Crippen molar-refractivity contribution in [2.45, 2.75) is 0 Å². The zero-order valence-electron chi connectivity index (χ0n) is 10.6. The second-order valence-electron chi connectivity index (χ2n) is 3.36. The largest absolute Gasteiger partial charge is 0.492 e. The summed E-state index contributed by atoms with van der Waals surface area (Å²) < 4.78 is 6.57. The summed E-state index contributed by atoms with van der Waals surface area (Å²) in [7, 11) is 1.70. The van der Waals surface area contributed by atoms with E-state index in [1.54, 1.807) is 7.05 Å². The molecule has 0 heterocycles. The van der Waals surface area contributed by atoms with E-state index in [2.05, 4.69) is 37.5 Å². The van der Waals surface area contributed by atoms with Crippen LogP contribution in [0.2, 0.25) is 0 Å². The fourth-order valence-electron chi connectivity index (χ4n) is 1.25. The molecule has 0 spiro atoms. The maximum atomic E-state index is 5.57. The number of benzene rings is 1. The first-order valence-corrected chi connectivity index (χ1v) is 6.32. The van der Waals surface area contributed by atoms with Gasteiger partial charge in [0.05, 0.1) is 13.1 Å². The Bertz CT molecular complexity index is 446. The summed E-state index contributed by atoms with van der Waals surface area (Å²) in [5.41, 5.74) is 0. The molecule has 1 aromatic rings. The first-order chi connectivity index (χ1) is 8.76. The van der Waals surface area contributed by atoms with Gasteiger partial charge in [-0.2, -0.15) is 0 Å². The fraction of sp³-hybridized carbons (Fsp3) is 0.308. The van der Waals surface area contributed by atoms with E-state index in [1.807, 2.05) is 24.3 Å². The Kier molecular flexibility index (Phi) is 10.4. The molecule has 0 amide bonds. The van der Waals surface area contributed by atoms with E-state index >= 15 is 0 Å². The van der Waals surface area contributed by atoms with Crippen LogP contribution in [0.15, 0.2) is 33.7 Å². The van der Waals surface area contributed by atoms with Crippen molar-refractivity contribution in [1.29, 1.82) is 0 Å². The van der Waals surface area contributed by atoms with Crippen LogP contribution in [0.4, 0.5) is 0 Å². The third kappa shape index (κ3) is 7.95. The average molecular weight is 438 g/mol. The van der Waals surface area contributed by atoms with Crippen molar-refractivity contribution in [3.05, 3.63) is 28.7 Å². The molecule has 0 atom stereocenters. The van der Waals surface area contributed by atoms with E-state index in [0.29, 0.717) is 25.7 Å². The number of halogens is 2. The minimum atomic E-state index is 0. The van der Waals surface area contributed by atoms with Gasteiger partial charge >= 0.3 is 0 Å². The number of nitrogens with zero attached hydrogens (tertiary/aromatic N) is 1. The molecule has 1 rings (SSSR count). The lowest BCUT2D eigenvalue weighted by Crippen LogP contribution is -2.39. The molecule has 0 saturated carbocycles. The number of rotatable bonds is 5. The maximum absolute atomic E-state index is 5.57. The van der Waals surface area contributed by atoms with Crippen LogP contribution in [0.3, 0.4) is 0 Å². The molecule has 2 N–H and O–H groups in total. The summed E-state index contributed by atoms with van der Waals surface area (Å²) >= 11 is 3.39. The summed E-state index contributed by atoms with van der Waals surface area (Å²) in [4.78, 5) is 4.02. The molecule has 0 fully saturated rings. The van der Waals surface area contributed by atoms with E-state index < -0.39 is 0 Å². The second kappa shape index (κ2) is 10.9. The molecule has 0 bridgehead atoms. The molecule has 4 nitrogen and oxygen atoms in total. The second-order valence-corrected chi connectivity index (χ2v) is 4.28. The van der Waals surface area contributed by atoms with Gasteiger partial charge in [-0.1, -0.05) is 27.9 Å². The van der Waals surface area contributed by atoms with E-state index in [1.165, 1.54) is 0 Å². The van der Waals surface area contributed by atoms with Crippen LogP contribution in [0, 0.1) is 12.3 Å². The van der Waals surface area contributed by atoms with Crippen LogP contribution in [-0.4, -0.2) is 32.7 Å². The number of ether oxygens (including phenoxy) is 1. The molecule has 6 heteroatoms. The molecule has 0 aliphatic rings. The molecule has 0 radical (unpaired) electrons. The molecule has 19 heavy (non-hydrogen) atoms. The number of aliphatic imine (C=N–C) groups is 1. The summed E-state index contributed by atoms with van der Waals surface area (Å²) in [5, 5.41) is 6.06. The van der Waals surface area contributed by atoms with Gasteiger partial charge in [-0.15, -0.1) is 30.4 Å². The van der Waals surface area contributed by atoms with Crippen molar-refractivity contribution >= 4 is 45.9 Å². The summed E-state index contributed by atoms with van der Waals surface area (Å²) in [6.07, 6.45) is 5.15. The monoisotopic (exact) mass is 437 g/mol. The van der Waals surface area contributed by atoms with E-state index in [9.17, 15) is 0 Å². The normalized spacial score (nSPS) is 10.1. The van der Waals surface area contributed by atoms with Crippen molar-refractivity contribution in [2.24, 2.45) is 4.99 Å². The minimum absolute atomic E-state index is 0. The Labute approximate surface area is 139 Å². The number of nitrogens with one attached hydrogen (secondary N) is 2. The minimum Gasteiger partial charge on any atom is -0.492 e. The third-order valence-corrected chi connectivity index (χ3v) is 2.53. The quantitative estimate of drug-likeness (QED) is 0.244. The lowest BCUT2D eigenvalue weighted by Gasteiger charge is -2.11. The van der Waals surface area contributed by atoms with Gasteiger partial charge in [-0.3, -0.25) is 4.99 Å². The topological polar surface area (TPSA) is 45.7 Å². The Balaban J connectivity index is 0.00000324. The highest BCUT2D eigenvalue weighted by Gasteiger charge is 1.97. The van der Waals surface area contributed by atoms with Gasteiger partial charge in [0.2, 0.25) is 0 Å². The molecule has 0 saturated heterocycles. The van der Waals surface area contributed by atoms with Crippen LogP contribution < -0.4 is 15.4 Å². The molecular formula is C13H17BrIN3O. The van der Waals surface area contributed by atoms with Gasteiger partial charge in [0.15, 0.2) is 5.96 Å². The molecular weight excluding hydrogens is 421 g/mol. The van der Waals surface area contributed by atoms with Gasteiger partial charge in [0.1, 0.15) is 12.4 Å². The van der Waals surface area contributed by atoms with Crippen molar-refractivity contribution in [2.75, 3.05) is 26.7 Å². The van der Waals surface area contributed by atoms with E-state index in [-0.39, 0.29) is 24.0 Å². The summed E-state index contributed by atoms with van der Waals surface area (Å²) in [5.74, 6) is 3.99. The number of hydrogen-bond donors (Lipinski definition) is 2. The molecule has 0 aromatic heterocycles. The zero-order valence-corrected chi connectivity index (χ0v) is 14.6. The van der Waals surface area contributed by atoms with Crippen LogP contribution in [0.5, 0.6) is 5.75 Å². The molecule has 0 aliphatic carbocycles. The first-order valence-electron chi connectivity index (χ1n) is 5.52. The fourth-order valence-corrected chi connectivity index (χ4v) is 1.63. The summed E-state index contributed by atoms with van der Waals surface area (Å²) in [6, 6.07) is 7.72. The molecule has 104 valence electrons. The van der Waals surface area contributed by atoms with Gasteiger partial charge in [-0.05, 0) is 18.2 Å². The van der Waals surface area contributed by atoms with Crippen molar-refractivity contribution in [3.8, 4) is 18.1 Å². The smallest absolute Gasteiger partial charge is 0.191 e. The number of guanidine groups is 1. The van der Waals surface area contributed by atoms with Gasteiger partial charge in [0, 0.05) is 11.5 Å². The highest BCUT2D eigenvalue weighted by molar-refractivity contribution is 14.0. The Hall–Kier alpha value is -0.940. The average Bonchev–Trinajstić information content (AvgIpc) is 2.38. The van der Waals surface area contributed by atoms with E-state index in [0.717, 1.165) is 10.2 Å². The predicted molar refractivity (Wildman–Crippen MR) is 93.2 cm³/mol.